The van der Waals surface area contributed by atoms with E-state index in [1.54, 1.807) is 0 Å². The fraction of sp³-hybridized carbons (Fsp3) is 0.571. The highest BCUT2D eigenvalue weighted by Crippen LogP contribution is 2.37. The predicted molar refractivity (Wildman–Crippen MR) is 68.4 cm³/mol. The lowest BCUT2D eigenvalue weighted by Gasteiger charge is -2.38. The molecule has 16 heavy (non-hydrogen) atoms. The van der Waals surface area contributed by atoms with E-state index in [9.17, 15) is 0 Å². The van der Waals surface area contributed by atoms with E-state index in [1.165, 1.54) is 16.7 Å². The second-order valence-electron chi connectivity index (χ2n) is 5.10. The van der Waals surface area contributed by atoms with Gasteiger partial charge in [0.2, 0.25) is 0 Å². The topological polar surface area (TPSA) is 38.0 Å². The standard InChI is InChI=1S/C14H22N2/c1-9-4-5-11(6-10(9)2)14(16-3)12-7-13(15)8-12/h4-6,12-14,16H,7-8,15H2,1-3H3. The van der Waals surface area contributed by atoms with Crippen LogP contribution in [0.2, 0.25) is 0 Å². The van der Waals surface area contributed by atoms with E-state index in [2.05, 4.69) is 37.4 Å². The highest BCUT2D eigenvalue weighted by Gasteiger charge is 2.32. The largest absolute Gasteiger partial charge is 0.328 e. The van der Waals surface area contributed by atoms with Gasteiger partial charge in [-0.15, -0.1) is 0 Å². The first-order chi connectivity index (χ1) is 7.61. The Bertz CT molecular complexity index is 367. The predicted octanol–water partition coefficient (Wildman–Crippen LogP) is 2.30. The Labute approximate surface area is 98.2 Å². The average molecular weight is 218 g/mol. The van der Waals surface area contributed by atoms with Crippen molar-refractivity contribution in [3.05, 3.63) is 34.9 Å². The van der Waals surface area contributed by atoms with E-state index in [1.807, 2.05) is 7.05 Å². The molecule has 0 spiro atoms. The Balaban J connectivity index is 2.17. The Kier molecular flexibility index (Phi) is 3.31. The van der Waals surface area contributed by atoms with Crippen LogP contribution in [-0.2, 0) is 0 Å². The Morgan fingerprint density at radius 3 is 2.44 bits per heavy atom. The maximum atomic E-state index is 5.87. The Morgan fingerprint density at radius 2 is 1.94 bits per heavy atom. The summed E-state index contributed by atoms with van der Waals surface area (Å²) in [6.07, 6.45) is 2.30. The van der Waals surface area contributed by atoms with Crippen molar-refractivity contribution in [3.63, 3.8) is 0 Å². The maximum Gasteiger partial charge on any atom is 0.0347 e. The van der Waals surface area contributed by atoms with E-state index < -0.39 is 0 Å². The molecule has 1 saturated carbocycles. The van der Waals surface area contributed by atoms with Gasteiger partial charge in [0.15, 0.2) is 0 Å². The number of nitrogens with two attached hydrogens (primary N) is 1. The summed E-state index contributed by atoms with van der Waals surface area (Å²) in [6, 6.07) is 7.66. The van der Waals surface area contributed by atoms with Gasteiger partial charge in [-0.1, -0.05) is 18.2 Å². The van der Waals surface area contributed by atoms with Crippen LogP contribution in [0.15, 0.2) is 18.2 Å². The van der Waals surface area contributed by atoms with Gasteiger partial charge in [-0.05, 0) is 56.3 Å². The molecule has 1 aromatic rings. The second-order valence-corrected chi connectivity index (χ2v) is 5.10. The molecule has 88 valence electrons. The van der Waals surface area contributed by atoms with Gasteiger partial charge in [0.05, 0.1) is 0 Å². The Hall–Kier alpha value is -0.860. The van der Waals surface area contributed by atoms with Crippen LogP contribution >= 0.6 is 0 Å². The normalized spacial score (nSPS) is 26.2. The van der Waals surface area contributed by atoms with Crippen molar-refractivity contribution in [2.45, 2.75) is 38.8 Å². The number of hydrogen-bond acceptors (Lipinski definition) is 2. The third-order valence-electron chi connectivity index (χ3n) is 3.88. The minimum Gasteiger partial charge on any atom is -0.328 e. The van der Waals surface area contributed by atoms with Crippen molar-refractivity contribution >= 4 is 0 Å². The Morgan fingerprint density at radius 1 is 1.25 bits per heavy atom. The molecule has 0 amide bonds. The fourth-order valence-electron chi connectivity index (χ4n) is 2.61. The fourth-order valence-corrected chi connectivity index (χ4v) is 2.61. The quantitative estimate of drug-likeness (QED) is 0.817. The summed E-state index contributed by atoms with van der Waals surface area (Å²) in [7, 11) is 2.05. The van der Waals surface area contributed by atoms with Crippen LogP contribution in [0.25, 0.3) is 0 Å². The molecule has 2 rings (SSSR count). The molecule has 0 aliphatic heterocycles. The molecule has 2 nitrogen and oxygen atoms in total. The minimum atomic E-state index is 0.424. The lowest BCUT2D eigenvalue weighted by molar-refractivity contribution is 0.204. The summed E-state index contributed by atoms with van der Waals surface area (Å²) in [5.41, 5.74) is 10.0. The summed E-state index contributed by atoms with van der Waals surface area (Å²) in [5.74, 6) is 0.710. The maximum absolute atomic E-state index is 5.87. The molecule has 1 aliphatic carbocycles. The van der Waals surface area contributed by atoms with Gasteiger partial charge in [0.25, 0.3) is 0 Å². The van der Waals surface area contributed by atoms with Crippen LogP contribution in [0.3, 0.4) is 0 Å². The molecule has 3 N–H and O–H groups in total. The van der Waals surface area contributed by atoms with Crippen LogP contribution in [-0.4, -0.2) is 13.1 Å². The molecular weight excluding hydrogens is 196 g/mol. The highest BCUT2D eigenvalue weighted by atomic mass is 14.9. The average Bonchev–Trinajstić information content (AvgIpc) is 2.22. The van der Waals surface area contributed by atoms with E-state index in [0.717, 1.165) is 12.8 Å². The molecular formula is C14H22N2. The SMILES string of the molecule is CNC(c1ccc(C)c(C)c1)C1CC(N)C1. The van der Waals surface area contributed by atoms with Gasteiger partial charge in [-0.2, -0.15) is 0 Å². The molecule has 0 heterocycles. The van der Waals surface area contributed by atoms with Gasteiger partial charge < -0.3 is 11.1 Å². The van der Waals surface area contributed by atoms with Crippen molar-refractivity contribution in [2.24, 2.45) is 11.7 Å². The highest BCUT2D eigenvalue weighted by molar-refractivity contribution is 5.32. The van der Waals surface area contributed by atoms with Crippen LogP contribution < -0.4 is 11.1 Å². The van der Waals surface area contributed by atoms with Gasteiger partial charge in [0, 0.05) is 12.1 Å². The number of nitrogens with one attached hydrogen (secondary N) is 1. The lowest BCUT2D eigenvalue weighted by Crippen LogP contribution is -2.42. The van der Waals surface area contributed by atoms with Crippen LogP contribution in [0.4, 0.5) is 0 Å². The molecule has 1 fully saturated rings. The molecule has 0 aromatic heterocycles. The third-order valence-corrected chi connectivity index (χ3v) is 3.88. The summed E-state index contributed by atoms with van der Waals surface area (Å²) in [6.45, 7) is 4.34. The smallest absolute Gasteiger partial charge is 0.0347 e. The van der Waals surface area contributed by atoms with Crippen molar-refractivity contribution in [3.8, 4) is 0 Å². The molecule has 1 unspecified atom stereocenters. The zero-order valence-corrected chi connectivity index (χ0v) is 10.5. The number of aryl methyl sites for hydroxylation is 2. The van der Waals surface area contributed by atoms with E-state index in [-0.39, 0.29) is 0 Å². The summed E-state index contributed by atoms with van der Waals surface area (Å²) >= 11 is 0. The van der Waals surface area contributed by atoms with E-state index in [0.29, 0.717) is 18.0 Å². The number of hydrogen-bond donors (Lipinski definition) is 2. The van der Waals surface area contributed by atoms with Crippen molar-refractivity contribution in [1.29, 1.82) is 0 Å². The zero-order chi connectivity index (χ0) is 11.7. The molecule has 2 heteroatoms. The van der Waals surface area contributed by atoms with Gasteiger partial charge in [-0.25, -0.2) is 0 Å². The van der Waals surface area contributed by atoms with Crippen LogP contribution in [0, 0.1) is 19.8 Å². The van der Waals surface area contributed by atoms with Gasteiger partial charge in [0.1, 0.15) is 0 Å². The van der Waals surface area contributed by atoms with Crippen LogP contribution in [0.1, 0.15) is 35.6 Å². The van der Waals surface area contributed by atoms with Gasteiger partial charge in [-0.3, -0.25) is 0 Å². The van der Waals surface area contributed by atoms with Crippen molar-refractivity contribution < 1.29 is 0 Å². The summed E-state index contributed by atoms with van der Waals surface area (Å²) < 4.78 is 0. The summed E-state index contributed by atoms with van der Waals surface area (Å²) in [4.78, 5) is 0. The summed E-state index contributed by atoms with van der Waals surface area (Å²) in [5, 5.41) is 3.43. The zero-order valence-electron chi connectivity index (χ0n) is 10.5. The molecule has 1 atom stereocenters. The molecule has 0 radical (unpaired) electrons. The van der Waals surface area contributed by atoms with E-state index >= 15 is 0 Å². The first kappa shape index (κ1) is 11.6. The minimum absolute atomic E-state index is 0.424. The van der Waals surface area contributed by atoms with E-state index in [4.69, 9.17) is 5.73 Å². The molecule has 0 saturated heterocycles. The molecule has 0 bridgehead atoms. The number of rotatable bonds is 3. The lowest BCUT2D eigenvalue weighted by atomic mass is 9.74. The molecule has 1 aromatic carbocycles. The van der Waals surface area contributed by atoms with Gasteiger partial charge >= 0.3 is 0 Å². The number of benzene rings is 1. The first-order valence-electron chi connectivity index (χ1n) is 6.12. The second kappa shape index (κ2) is 4.56. The van der Waals surface area contributed by atoms with Crippen LogP contribution in [0.5, 0.6) is 0 Å². The third kappa shape index (κ3) is 2.13. The monoisotopic (exact) mass is 218 g/mol. The molecule has 1 aliphatic rings. The first-order valence-corrected chi connectivity index (χ1v) is 6.12. The van der Waals surface area contributed by atoms with Crippen molar-refractivity contribution in [2.75, 3.05) is 7.05 Å². The van der Waals surface area contributed by atoms with Crippen molar-refractivity contribution in [1.82, 2.24) is 5.32 Å².